The minimum atomic E-state index is -0.548. The number of carbonyl (C=O) groups is 3. The fraction of sp³-hybridized carbons (Fsp3) is 0.148. The van der Waals surface area contributed by atoms with E-state index < -0.39 is 28.5 Å². The number of carbonyl (C=O) groups excluding carboxylic acids is 3. The van der Waals surface area contributed by atoms with Gasteiger partial charge >= 0.3 is 0 Å². The number of non-ortho nitro benzene ring substituents is 1. The molecule has 10 nitrogen and oxygen atoms in total. The van der Waals surface area contributed by atoms with Gasteiger partial charge in [-0.25, -0.2) is 0 Å². The smallest absolute Gasteiger partial charge is 0.294 e. The number of halogens is 2. The number of thioether (sulfide) groups is 1. The topological polar surface area (TPSA) is 128 Å². The van der Waals surface area contributed by atoms with E-state index in [1.165, 1.54) is 12.1 Å². The lowest BCUT2D eigenvalue weighted by atomic mass is 10.2. The minimum absolute atomic E-state index is 0.0107. The monoisotopic (exact) mass is 785 g/mol. The lowest BCUT2D eigenvalue weighted by molar-refractivity contribution is -0.384. The molecule has 206 valence electrons. The van der Waals surface area contributed by atoms with Crippen molar-refractivity contribution in [1.82, 2.24) is 4.90 Å². The first-order chi connectivity index (χ1) is 19.1. The van der Waals surface area contributed by atoms with Gasteiger partial charge < -0.3 is 14.8 Å². The molecule has 0 spiro atoms. The van der Waals surface area contributed by atoms with Crippen molar-refractivity contribution in [3.63, 3.8) is 0 Å². The zero-order valence-corrected chi connectivity index (χ0v) is 26.0. The fourth-order valence-corrected chi connectivity index (χ4v) is 6.61. The molecule has 1 N–H and O–H groups in total. The van der Waals surface area contributed by atoms with Crippen LogP contribution >= 0.6 is 56.9 Å². The third-order valence-corrected chi connectivity index (χ3v) is 7.96. The van der Waals surface area contributed by atoms with Gasteiger partial charge in [0.15, 0.2) is 0 Å². The molecular formula is C27H21I2N3O7S. The van der Waals surface area contributed by atoms with Crippen molar-refractivity contribution in [2.45, 2.75) is 13.5 Å². The maximum atomic E-state index is 12.9. The molecule has 0 aromatic heterocycles. The number of nitrogens with one attached hydrogen (secondary N) is 1. The van der Waals surface area contributed by atoms with Crippen molar-refractivity contribution in [3.05, 3.63) is 94.0 Å². The van der Waals surface area contributed by atoms with E-state index in [2.05, 4.69) is 50.5 Å². The highest BCUT2D eigenvalue weighted by Crippen LogP contribution is 2.35. The Hall–Kier alpha value is -3.18. The highest BCUT2D eigenvalue weighted by atomic mass is 127. The van der Waals surface area contributed by atoms with Crippen molar-refractivity contribution in [2.75, 3.05) is 18.5 Å². The lowest BCUT2D eigenvalue weighted by Crippen LogP contribution is -2.36. The van der Waals surface area contributed by atoms with E-state index in [1.54, 1.807) is 54.6 Å². The average molecular weight is 785 g/mol. The number of rotatable bonds is 10. The van der Waals surface area contributed by atoms with E-state index in [9.17, 15) is 24.5 Å². The summed E-state index contributed by atoms with van der Waals surface area (Å²) >= 11 is 4.99. The Morgan fingerprint density at radius 3 is 2.42 bits per heavy atom. The molecule has 1 fully saturated rings. The molecular weight excluding hydrogens is 764 g/mol. The van der Waals surface area contributed by atoms with E-state index in [0.717, 1.165) is 23.8 Å². The van der Waals surface area contributed by atoms with Gasteiger partial charge in [0.2, 0.25) is 5.91 Å². The maximum absolute atomic E-state index is 12.9. The molecule has 3 aromatic rings. The molecule has 1 aliphatic heterocycles. The van der Waals surface area contributed by atoms with Crippen LogP contribution in [0.3, 0.4) is 0 Å². The summed E-state index contributed by atoms with van der Waals surface area (Å²) in [5.41, 5.74) is 1.85. The number of imide groups is 1. The van der Waals surface area contributed by atoms with Crippen molar-refractivity contribution in [2.24, 2.45) is 0 Å². The standard InChI is InChI=1S/C27H21I2N3O7S/c1-2-38-20-8-6-18(7-9-20)30-24(33)14-31-26(34)23(40-27(31)35)13-17-11-21(28)25(22(29)12-17)39-15-16-4-3-5-19(10-16)32(36)37/h3-13H,2,14-15H2,1H3,(H,30,33)/b23-13+. The zero-order chi connectivity index (χ0) is 28.8. The average Bonchev–Trinajstić information content (AvgIpc) is 3.16. The number of nitrogens with zero attached hydrogens (tertiary/aromatic N) is 2. The van der Waals surface area contributed by atoms with Crippen LogP contribution in [0.4, 0.5) is 16.2 Å². The number of anilines is 1. The predicted octanol–water partition coefficient (Wildman–Crippen LogP) is 6.46. The predicted molar refractivity (Wildman–Crippen MR) is 168 cm³/mol. The van der Waals surface area contributed by atoms with E-state index in [1.807, 2.05) is 6.92 Å². The highest BCUT2D eigenvalue weighted by Gasteiger charge is 2.36. The Labute approximate surface area is 260 Å². The number of nitro groups is 1. The molecule has 0 saturated carbocycles. The number of nitro benzene ring substituents is 1. The largest absolute Gasteiger partial charge is 0.494 e. The van der Waals surface area contributed by atoms with E-state index in [-0.39, 0.29) is 17.2 Å². The Morgan fingerprint density at radius 1 is 1.07 bits per heavy atom. The molecule has 0 aliphatic carbocycles. The quantitative estimate of drug-likeness (QED) is 0.108. The summed E-state index contributed by atoms with van der Waals surface area (Å²) in [5.74, 6) is 0.224. The van der Waals surface area contributed by atoms with Gasteiger partial charge in [-0.3, -0.25) is 29.4 Å². The van der Waals surface area contributed by atoms with Crippen molar-refractivity contribution >= 4 is 91.4 Å². The molecule has 1 saturated heterocycles. The minimum Gasteiger partial charge on any atom is -0.494 e. The second kappa shape index (κ2) is 13.5. The van der Waals surface area contributed by atoms with Crippen LogP contribution in [0.2, 0.25) is 0 Å². The van der Waals surface area contributed by atoms with Crippen LogP contribution in [0.25, 0.3) is 6.08 Å². The third-order valence-electron chi connectivity index (χ3n) is 5.45. The molecule has 1 heterocycles. The summed E-state index contributed by atoms with van der Waals surface area (Å²) in [7, 11) is 0. The summed E-state index contributed by atoms with van der Waals surface area (Å²) in [6.45, 7) is 2.13. The second-order valence-electron chi connectivity index (χ2n) is 8.30. The van der Waals surface area contributed by atoms with Crippen molar-refractivity contribution < 1.29 is 28.8 Å². The lowest BCUT2D eigenvalue weighted by Gasteiger charge is -2.13. The number of hydrogen-bond acceptors (Lipinski definition) is 8. The van der Waals surface area contributed by atoms with Gasteiger partial charge in [0.05, 0.1) is 23.6 Å². The van der Waals surface area contributed by atoms with E-state index in [4.69, 9.17) is 9.47 Å². The Balaban J connectivity index is 1.41. The Kier molecular flexibility index (Phi) is 10.0. The molecule has 0 radical (unpaired) electrons. The maximum Gasteiger partial charge on any atom is 0.294 e. The van der Waals surface area contributed by atoms with Gasteiger partial charge in [-0.2, -0.15) is 0 Å². The van der Waals surface area contributed by atoms with Gasteiger partial charge in [-0.05, 0) is 117 Å². The number of ether oxygens (including phenoxy) is 2. The van der Waals surface area contributed by atoms with Crippen LogP contribution < -0.4 is 14.8 Å². The first-order valence-corrected chi connectivity index (χ1v) is 14.7. The third kappa shape index (κ3) is 7.51. The van der Waals surface area contributed by atoms with Gasteiger partial charge in [-0.1, -0.05) is 12.1 Å². The zero-order valence-electron chi connectivity index (χ0n) is 20.9. The van der Waals surface area contributed by atoms with Crippen LogP contribution in [0.15, 0.2) is 65.6 Å². The SMILES string of the molecule is CCOc1ccc(NC(=O)CN2C(=O)S/C(=C/c3cc(I)c(OCc4cccc([N+](=O)[O-])c4)c(I)c3)C2=O)cc1. The molecule has 1 aliphatic rings. The molecule has 4 rings (SSSR count). The van der Waals surface area contributed by atoms with Crippen LogP contribution in [0, 0.1) is 17.3 Å². The summed E-state index contributed by atoms with van der Waals surface area (Å²) in [5, 5.41) is 13.2. The number of hydrogen-bond donors (Lipinski definition) is 1. The number of benzene rings is 3. The first-order valence-electron chi connectivity index (χ1n) is 11.8. The molecule has 13 heteroatoms. The van der Waals surface area contributed by atoms with Gasteiger partial charge in [-0.15, -0.1) is 0 Å². The van der Waals surface area contributed by atoms with Crippen molar-refractivity contribution in [1.29, 1.82) is 0 Å². The van der Waals surface area contributed by atoms with Crippen molar-refractivity contribution in [3.8, 4) is 11.5 Å². The fourth-order valence-electron chi connectivity index (χ4n) is 3.65. The van der Waals surface area contributed by atoms with Crippen LogP contribution in [0.5, 0.6) is 11.5 Å². The Bertz CT molecular complexity index is 1490. The van der Waals surface area contributed by atoms with Gasteiger partial charge in [0, 0.05) is 17.8 Å². The van der Waals surface area contributed by atoms with Crippen LogP contribution in [0.1, 0.15) is 18.1 Å². The number of amides is 3. The highest BCUT2D eigenvalue weighted by molar-refractivity contribution is 14.1. The molecule has 3 amide bonds. The van der Waals surface area contributed by atoms with E-state index in [0.29, 0.717) is 34.9 Å². The Morgan fingerprint density at radius 2 is 1.77 bits per heavy atom. The van der Waals surface area contributed by atoms with Crippen LogP contribution in [-0.4, -0.2) is 40.0 Å². The molecule has 40 heavy (non-hydrogen) atoms. The van der Waals surface area contributed by atoms with Gasteiger partial charge in [0.1, 0.15) is 24.7 Å². The second-order valence-corrected chi connectivity index (χ2v) is 11.6. The molecule has 3 aromatic carbocycles. The molecule has 0 bridgehead atoms. The van der Waals surface area contributed by atoms with Crippen LogP contribution in [-0.2, 0) is 16.2 Å². The summed E-state index contributed by atoms with van der Waals surface area (Å²) < 4.78 is 12.8. The van der Waals surface area contributed by atoms with Gasteiger partial charge in [0.25, 0.3) is 16.8 Å². The molecule has 0 atom stereocenters. The summed E-state index contributed by atoms with van der Waals surface area (Å²) in [6.07, 6.45) is 1.60. The van der Waals surface area contributed by atoms with E-state index >= 15 is 0 Å². The molecule has 0 unspecified atom stereocenters. The normalized spacial score (nSPS) is 14.0. The summed E-state index contributed by atoms with van der Waals surface area (Å²) in [4.78, 5) is 49.7. The first kappa shape index (κ1) is 29.8. The summed E-state index contributed by atoms with van der Waals surface area (Å²) in [6, 6.07) is 16.6.